The van der Waals surface area contributed by atoms with Crippen LogP contribution in [0, 0.1) is 0 Å². The first-order chi connectivity index (χ1) is 8.86. The molecule has 0 saturated heterocycles. The van der Waals surface area contributed by atoms with E-state index in [1.807, 2.05) is 0 Å². The van der Waals surface area contributed by atoms with Crippen LogP contribution in [0.25, 0.3) is 0 Å². The lowest BCUT2D eigenvalue weighted by Gasteiger charge is -2.21. The molecular formula is C12H26N4O2. The number of guanidine groups is 1. The molecule has 0 unspecified atom stereocenters. The first kappa shape index (κ1) is 15.2. The lowest BCUT2D eigenvalue weighted by atomic mass is 9.98. The van der Waals surface area contributed by atoms with Crippen molar-refractivity contribution in [3.05, 3.63) is 0 Å². The number of hydrazine groups is 1. The number of hydrogen-bond acceptors (Lipinski definition) is 4. The quantitative estimate of drug-likeness (QED) is 0.202. The van der Waals surface area contributed by atoms with E-state index in [4.69, 9.17) is 15.3 Å². The van der Waals surface area contributed by atoms with Gasteiger partial charge in [-0.15, -0.1) is 0 Å². The molecule has 0 spiro atoms. The molecular weight excluding hydrogens is 232 g/mol. The maximum absolute atomic E-state index is 5.78. The molecule has 0 aromatic rings. The van der Waals surface area contributed by atoms with Crippen molar-refractivity contribution >= 4 is 5.96 Å². The number of nitrogens with zero attached hydrogens (tertiary/aromatic N) is 1. The van der Waals surface area contributed by atoms with Crippen LogP contribution < -0.4 is 16.6 Å². The van der Waals surface area contributed by atoms with Crippen LogP contribution >= 0.6 is 0 Å². The van der Waals surface area contributed by atoms with Crippen molar-refractivity contribution in [2.24, 2.45) is 10.8 Å². The Balaban J connectivity index is 2.08. The fraction of sp³-hybridized carbons (Fsp3) is 0.917. The van der Waals surface area contributed by atoms with E-state index in [1.54, 1.807) is 7.11 Å². The third kappa shape index (κ3) is 6.78. The SMILES string of the molecule is COCCNC(=NCCOC1CCCCC1)NN. The molecule has 1 aliphatic rings. The summed E-state index contributed by atoms with van der Waals surface area (Å²) < 4.78 is 10.7. The summed E-state index contributed by atoms with van der Waals surface area (Å²) in [5, 5.41) is 3.04. The summed E-state index contributed by atoms with van der Waals surface area (Å²) in [5.74, 6) is 5.94. The number of rotatable bonds is 7. The minimum absolute atomic E-state index is 0.435. The number of ether oxygens (including phenoxy) is 2. The molecule has 0 atom stereocenters. The minimum Gasteiger partial charge on any atom is -0.383 e. The summed E-state index contributed by atoms with van der Waals surface area (Å²) in [6.07, 6.45) is 6.76. The Bertz CT molecular complexity index is 230. The summed E-state index contributed by atoms with van der Waals surface area (Å²) in [6, 6.07) is 0. The van der Waals surface area contributed by atoms with Crippen LogP contribution in [0.3, 0.4) is 0 Å². The van der Waals surface area contributed by atoms with Gasteiger partial charge < -0.3 is 14.8 Å². The van der Waals surface area contributed by atoms with E-state index in [9.17, 15) is 0 Å². The third-order valence-electron chi connectivity index (χ3n) is 3.00. The number of nitrogens with two attached hydrogens (primary N) is 1. The van der Waals surface area contributed by atoms with Gasteiger partial charge in [-0.25, -0.2) is 10.8 Å². The Morgan fingerprint density at radius 3 is 2.72 bits per heavy atom. The molecule has 0 aromatic carbocycles. The molecule has 0 heterocycles. The van der Waals surface area contributed by atoms with Crippen molar-refractivity contribution in [3.63, 3.8) is 0 Å². The zero-order chi connectivity index (χ0) is 13.1. The van der Waals surface area contributed by atoms with Gasteiger partial charge in [0.05, 0.1) is 25.9 Å². The topological polar surface area (TPSA) is 80.9 Å². The van der Waals surface area contributed by atoms with Crippen molar-refractivity contribution in [2.75, 3.05) is 33.4 Å². The molecule has 1 aliphatic carbocycles. The highest BCUT2D eigenvalue weighted by Gasteiger charge is 2.12. The normalized spacial score (nSPS) is 17.8. The highest BCUT2D eigenvalue weighted by atomic mass is 16.5. The third-order valence-corrected chi connectivity index (χ3v) is 3.00. The predicted molar refractivity (Wildman–Crippen MR) is 72.3 cm³/mol. The van der Waals surface area contributed by atoms with E-state index in [0.29, 0.717) is 38.4 Å². The van der Waals surface area contributed by atoms with Crippen molar-refractivity contribution in [1.29, 1.82) is 0 Å². The zero-order valence-electron chi connectivity index (χ0n) is 11.3. The fourth-order valence-corrected chi connectivity index (χ4v) is 2.03. The molecule has 0 bridgehead atoms. The first-order valence-corrected chi connectivity index (χ1v) is 6.72. The van der Waals surface area contributed by atoms with Gasteiger partial charge in [0.1, 0.15) is 0 Å². The van der Waals surface area contributed by atoms with Crippen LogP contribution in [0.5, 0.6) is 0 Å². The molecule has 6 heteroatoms. The predicted octanol–water partition coefficient (Wildman–Crippen LogP) is 0.391. The van der Waals surface area contributed by atoms with E-state index >= 15 is 0 Å². The van der Waals surface area contributed by atoms with Gasteiger partial charge in [-0.05, 0) is 12.8 Å². The largest absolute Gasteiger partial charge is 0.383 e. The molecule has 6 nitrogen and oxygen atoms in total. The molecule has 18 heavy (non-hydrogen) atoms. The average molecular weight is 258 g/mol. The molecule has 0 amide bonds. The van der Waals surface area contributed by atoms with E-state index in [0.717, 1.165) is 0 Å². The number of aliphatic imine (C=N–C) groups is 1. The smallest absolute Gasteiger partial charge is 0.205 e. The Morgan fingerprint density at radius 2 is 2.06 bits per heavy atom. The molecule has 4 N–H and O–H groups in total. The Morgan fingerprint density at radius 1 is 1.28 bits per heavy atom. The number of methoxy groups -OCH3 is 1. The molecule has 1 rings (SSSR count). The highest BCUT2D eigenvalue weighted by molar-refractivity contribution is 5.79. The van der Waals surface area contributed by atoms with Crippen LogP contribution in [0.4, 0.5) is 0 Å². The van der Waals surface area contributed by atoms with Crippen molar-refractivity contribution in [3.8, 4) is 0 Å². The second-order valence-corrected chi connectivity index (χ2v) is 4.43. The van der Waals surface area contributed by atoms with E-state index in [-0.39, 0.29) is 0 Å². The fourth-order valence-electron chi connectivity index (χ4n) is 2.03. The van der Waals surface area contributed by atoms with Gasteiger partial charge in [0.25, 0.3) is 0 Å². The van der Waals surface area contributed by atoms with Crippen molar-refractivity contribution in [1.82, 2.24) is 10.7 Å². The molecule has 0 aliphatic heterocycles. The first-order valence-electron chi connectivity index (χ1n) is 6.72. The second-order valence-electron chi connectivity index (χ2n) is 4.43. The van der Waals surface area contributed by atoms with E-state index < -0.39 is 0 Å². The van der Waals surface area contributed by atoms with Crippen molar-refractivity contribution < 1.29 is 9.47 Å². The van der Waals surface area contributed by atoms with Gasteiger partial charge in [0, 0.05) is 13.7 Å². The maximum atomic E-state index is 5.78. The van der Waals surface area contributed by atoms with Crippen molar-refractivity contribution in [2.45, 2.75) is 38.2 Å². The molecule has 1 fully saturated rings. The van der Waals surface area contributed by atoms with E-state index in [1.165, 1.54) is 32.1 Å². The summed E-state index contributed by atoms with van der Waals surface area (Å²) in [7, 11) is 1.66. The van der Waals surface area contributed by atoms with Crippen LogP contribution in [0.15, 0.2) is 4.99 Å². The van der Waals surface area contributed by atoms with E-state index in [2.05, 4.69) is 15.7 Å². The summed E-state index contributed by atoms with van der Waals surface area (Å²) in [4.78, 5) is 4.29. The van der Waals surface area contributed by atoms with Crippen LogP contribution in [0.2, 0.25) is 0 Å². The number of hydrogen-bond donors (Lipinski definition) is 3. The lowest BCUT2D eigenvalue weighted by molar-refractivity contribution is 0.0334. The van der Waals surface area contributed by atoms with Gasteiger partial charge in [0.2, 0.25) is 5.96 Å². The zero-order valence-corrected chi connectivity index (χ0v) is 11.3. The Kier molecular flexibility index (Phi) is 8.54. The standard InChI is InChI=1S/C12H26N4O2/c1-17-9-7-14-12(16-13)15-8-10-18-11-5-3-2-4-6-11/h11H,2-10,13H2,1H3,(H2,14,15,16). The minimum atomic E-state index is 0.435. The summed E-state index contributed by atoms with van der Waals surface area (Å²) >= 11 is 0. The van der Waals surface area contributed by atoms with Crippen LogP contribution in [0.1, 0.15) is 32.1 Å². The van der Waals surface area contributed by atoms with Gasteiger partial charge in [-0.1, -0.05) is 19.3 Å². The molecule has 0 radical (unpaired) electrons. The van der Waals surface area contributed by atoms with Crippen LogP contribution in [-0.2, 0) is 9.47 Å². The maximum Gasteiger partial charge on any atom is 0.205 e. The van der Waals surface area contributed by atoms with Crippen LogP contribution in [-0.4, -0.2) is 45.5 Å². The summed E-state index contributed by atoms with van der Waals surface area (Å²) in [6.45, 7) is 2.58. The van der Waals surface area contributed by atoms with Gasteiger partial charge in [-0.2, -0.15) is 0 Å². The highest BCUT2D eigenvalue weighted by Crippen LogP contribution is 2.19. The van der Waals surface area contributed by atoms with Gasteiger partial charge >= 0.3 is 0 Å². The van der Waals surface area contributed by atoms with Gasteiger partial charge in [0.15, 0.2) is 0 Å². The Labute approximate surface area is 109 Å². The van der Waals surface area contributed by atoms with Gasteiger partial charge in [-0.3, -0.25) is 5.43 Å². The Hall–Kier alpha value is -0.850. The molecule has 106 valence electrons. The summed E-state index contributed by atoms with van der Waals surface area (Å²) in [5.41, 5.74) is 2.53. The second kappa shape index (κ2) is 10.1. The molecule has 0 aromatic heterocycles. The number of nitrogens with one attached hydrogen (secondary N) is 2. The lowest BCUT2D eigenvalue weighted by Crippen LogP contribution is -2.43. The monoisotopic (exact) mass is 258 g/mol. The average Bonchev–Trinajstić information content (AvgIpc) is 2.43. The molecule has 1 saturated carbocycles.